The third kappa shape index (κ3) is 9.20. The molecule has 0 saturated carbocycles. The first kappa shape index (κ1) is 26.1. The number of nitrogens with two attached hydrogens (primary N) is 3. The second-order valence-electron chi connectivity index (χ2n) is 8.05. The maximum absolute atomic E-state index is 13.2. The number of carbonyl (C=O) groups is 4. The molecule has 0 spiro atoms. The minimum absolute atomic E-state index is 0.0689. The Bertz CT molecular complexity index is 679. The number of hydrogen-bond acceptors (Lipinski definition) is 6. The summed E-state index contributed by atoms with van der Waals surface area (Å²) in [4.78, 5) is 54.1. The van der Waals surface area contributed by atoms with E-state index < -0.39 is 48.4 Å². The number of amides is 3. The van der Waals surface area contributed by atoms with Crippen LogP contribution in [0, 0.1) is 5.92 Å². The van der Waals surface area contributed by atoms with Gasteiger partial charge in [-0.05, 0) is 38.0 Å². The third-order valence-electron chi connectivity index (χ3n) is 4.87. The van der Waals surface area contributed by atoms with Crippen LogP contribution >= 0.6 is 0 Å². The molecule has 3 amide bonds. The Morgan fingerprint density at radius 2 is 1.90 bits per heavy atom. The van der Waals surface area contributed by atoms with Gasteiger partial charge in [-0.2, -0.15) is 0 Å². The number of likely N-dealkylation sites (tertiary alicyclic amines) is 1. The van der Waals surface area contributed by atoms with E-state index in [0.717, 1.165) is 0 Å². The van der Waals surface area contributed by atoms with Crippen molar-refractivity contribution in [2.75, 3.05) is 19.6 Å². The first-order valence-electron chi connectivity index (χ1n) is 10.4. The van der Waals surface area contributed by atoms with E-state index in [1.165, 1.54) is 4.90 Å². The highest BCUT2D eigenvalue weighted by Crippen LogP contribution is 2.20. The summed E-state index contributed by atoms with van der Waals surface area (Å²) in [5.74, 6) is -2.43. The summed E-state index contributed by atoms with van der Waals surface area (Å²) in [5, 5.41) is 13.8. The molecule has 3 unspecified atom stereocenters. The molecule has 31 heavy (non-hydrogen) atoms. The molecule has 1 saturated heterocycles. The molecule has 1 aliphatic heterocycles. The Kier molecular flexibility index (Phi) is 10.7. The second-order valence-corrected chi connectivity index (χ2v) is 8.05. The summed E-state index contributed by atoms with van der Waals surface area (Å²) in [6.07, 6.45) is 2.16. The van der Waals surface area contributed by atoms with Crippen LogP contribution in [0.4, 0.5) is 0 Å². The number of nitrogens with one attached hydrogen (secondary N) is 2. The monoisotopic (exact) mass is 441 g/mol. The van der Waals surface area contributed by atoms with Gasteiger partial charge in [0.1, 0.15) is 18.6 Å². The molecule has 1 aliphatic rings. The van der Waals surface area contributed by atoms with Crippen molar-refractivity contribution < 1.29 is 24.3 Å². The van der Waals surface area contributed by atoms with Crippen molar-refractivity contribution in [3.8, 4) is 0 Å². The van der Waals surface area contributed by atoms with E-state index in [0.29, 0.717) is 32.2 Å². The second kappa shape index (κ2) is 12.7. The summed E-state index contributed by atoms with van der Waals surface area (Å²) >= 11 is 0. The van der Waals surface area contributed by atoms with Gasteiger partial charge in [-0.25, -0.2) is 0 Å². The van der Waals surface area contributed by atoms with Crippen molar-refractivity contribution in [2.45, 2.75) is 64.1 Å². The van der Waals surface area contributed by atoms with E-state index in [4.69, 9.17) is 22.3 Å². The van der Waals surface area contributed by atoms with Crippen molar-refractivity contribution in [1.29, 1.82) is 0 Å². The molecule has 1 fully saturated rings. The summed E-state index contributed by atoms with van der Waals surface area (Å²) in [5.41, 5.74) is 16.6. The van der Waals surface area contributed by atoms with Crippen LogP contribution in [0.3, 0.4) is 0 Å². The fourth-order valence-corrected chi connectivity index (χ4v) is 3.44. The van der Waals surface area contributed by atoms with Crippen molar-refractivity contribution in [2.24, 2.45) is 28.1 Å². The molecule has 9 N–H and O–H groups in total. The molecule has 12 heteroatoms. The highest BCUT2D eigenvalue weighted by atomic mass is 16.4. The molecule has 0 aromatic carbocycles. The van der Waals surface area contributed by atoms with E-state index in [1.807, 2.05) is 13.8 Å². The minimum Gasteiger partial charge on any atom is -0.480 e. The third-order valence-corrected chi connectivity index (χ3v) is 4.87. The molecular formula is C19H35N7O5. The Morgan fingerprint density at radius 1 is 1.23 bits per heavy atom. The number of guanidine groups is 1. The van der Waals surface area contributed by atoms with Crippen molar-refractivity contribution >= 4 is 29.7 Å². The van der Waals surface area contributed by atoms with Gasteiger partial charge in [-0.3, -0.25) is 24.2 Å². The average Bonchev–Trinajstić information content (AvgIpc) is 3.16. The van der Waals surface area contributed by atoms with Crippen molar-refractivity contribution in [1.82, 2.24) is 15.5 Å². The fourth-order valence-electron chi connectivity index (χ4n) is 3.44. The van der Waals surface area contributed by atoms with Crippen LogP contribution in [-0.4, -0.2) is 77.4 Å². The van der Waals surface area contributed by atoms with Crippen LogP contribution in [0.2, 0.25) is 0 Å². The molecule has 0 aromatic rings. The smallest absolute Gasteiger partial charge is 0.322 e. The maximum atomic E-state index is 13.2. The lowest BCUT2D eigenvalue weighted by atomic mass is 10.0. The number of rotatable bonds is 12. The zero-order valence-corrected chi connectivity index (χ0v) is 18.2. The van der Waals surface area contributed by atoms with Gasteiger partial charge in [0.05, 0.1) is 6.04 Å². The Labute approximate surface area is 182 Å². The van der Waals surface area contributed by atoms with Crippen LogP contribution < -0.4 is 27.8 Å². The van der Waals surface area contributed by atoms with Gasteiger partial charge in [0.25, 0.3) is 0 Å². The van der Waals surface area contributed by atoms with Crippen LogP contribution in [0.15, 0.2) is 4.99 Å². The van der Waals surface area contributed by atoms with E-state index in [-0.39, 0.29) is 24.8 Å². The number of aliphatic imine (C=N–C) groups is 1. The van der Waals surface area contributed by atoms with Gasteiger partial charge in [0.15, 0.2) is 5.96 Å². The molecule has 1 heterocycles. The molecule has 0 aliphatic carbocycles. The largest absolute Gasteiger partial charge is 0.480 e. The lowest BCUT2D eigenvalue weighted by Gasteiger charge is -2.29. The zero-order chi connectivity index (χ0) is 23.6. The van der Waals surface area contributed by atoms with Crippen LogP contribution in [0.5, 0.6) is 0 Å². The van der Waals surface area contributed by atoms with Gasteiger partial charge < -0.3 is 37.8 Å². The predicted molar refractivity (Wildman–Crippen MR) is 115 cm³/mol. The van der Waals surface area contributed by atoms with Crippen LogP contribution in [-0.2, 0) is 19.2 Å². The normalized spacial score (nSPS) is 17.7. The van der Waals surface area contributed by atoms with Crippen LogP contribution in [0.1, 0.15) is 46.0 Å². The Balaban J connectivity index is 2.89. The van der Waals surface area contributed by atoms with Gasteiger partial charge in [0.2, 0.25) is 17.7 Å². The number of nitrogens with zero attached hydrogens (tertiary/aromatic N) is 2. The molecule has 3 atom stereocenters. The zero-order valence-electron chi connectivity index (χ0n) is 18.2. The highest BCUT2D eigenvalue weighted by Gasteiger charge is 2.37. The van der Waals surface area contributed by atoms with Gasteiger partial charge in [0, 0.05) is 13.1 Å². The number of carbonyl (C=O) groups excluding carboxylic acids is 3. The molecular weight excluding hydrogens is 406 g/mol. The first-order chi connectivity index (χ1) is 14.5. The maximum Gasteiger partial charge on any atom is 0.322 e. The van der Waals surface area contributed by atoms with Gasteiger partial charge >= 0.3 is 5.97 Å². The molecule has 1 rings (SSSR count). The number of carboxylic acid groups (broad SMARTS) is 1. The predicted octanol–water partition coefficient (Wildman–Crippen LogP) is -1.91. The van der Waals surface area contributed by atoms with E-state index in [2.05, 4.69) is 15.6 Å². The number of hydrogen-bond donors (Lipinski definition) is 6. The van der Waals surface area contributed by atoms with Gasteiger partial charge in [-0.15, -0.1) is 0 Å². The quantitative estimate of drug-likeness (QED) is 0.114. The fraction of sp³-hybridized carbons (Fsp3) is 0.737. The Morgan fingerprint density at radius 3 is 2.48 bits per heavy atom. The topological polar surface area (TPSA) is 206 Å². The molecule has 0 aromatic heterocycles. The van der Waals surface area contributed by atoms with Crippen molar-refractivity contribution in [3.05, 3.63) is 0 Å². The SMILES string of the molecule is CC(C)CC(N)C(=O)NC(CCCN=C(N)N)C(=O)N1CCCC1C(=O)NCC(=O)O. The lowest BCUT2D eigenvalue weighted by Crippen LogP contribution is -2.56. The summed E-state index contributed by atoms with van der Waals surface area (Å²) in [7, 11) is 0. The summed E-state index contributed by atoms with van der Waals surface area (Å²) in [6.45, 7) is 3.97. The highest BCUT2D eigenvalue weighted by molar-refractivity contribution is 5.94. The summed E-state index contributed by atoms with van der Waals surface area (Å²) < 4.78 is 0. The molecule has 12 nitrogen and oxygen atoms in total. The first-order valence-corrected chi connectivity index (χ1v) is 10.4. The van der Waals surface area contributed by atoms with Crippen molar-refractivity contribution in [3.63, 3.8) is 0 Å². The minimum atomic E-state index is -1.17. The molecule has 0 bridgehead atoms. The lowest BCUT2D eigenvalue weighted by molar-refractivity contribution is -0.143. The number of carboxylic acids is 1. The van der Waals surface area contributed by atoms with Crippen LogP contribution in [0.25, 0.3) is 0 Å². The molecule has 0 radical (unpaired) electrons. The number of aliphatic carboxylic acids is 1. The van der Waals surface area contributed by atoms with E-state index in [9.17, 15) is 19.2 Å². The van der Waals surface area contributed by atoms with E-state index >= 15 is 0 Å². The molecule has 176 valence electrons. The Hall–Kier alpha value is -2.89. The average molecular weight is 442 g/mol. The summed E-state index contributed by atoms with van der Waals surface area (Å²) in [6, 6.07) is -2.44. The van der Waals surface area contributed by atoms with E-state index in [1.54, 1.807) is 0 Å². The van der Waals surface area contributed by atoms with Gasteiger partial charge in [-0.1, -0.05) is 13.8 Å². The standard InChI is InChI=1S/C19H35N7O5/c1-11(2)9-12(20)16(29)25-13(5-3-7-23-19(21)22)18(31)26-8-4-6-14(26)17(30)24-10-15(27)28/h11-14H,3-10,20H2,1-2H3,(H,24,30)(H,25,29)(H,27,28)(H4,21,22,23).